The van der Waals surface area contributed by atoms with E-state index in [1.807, 2.05) is 30.3 Å². The Morgan fingerprint density at radius 2 is 2.00 bits per heavy atom. The third kappa shape index (κ3) is 4.05. The Kier molecular flexibility index (Phi) is 4.13. The Bertz CT molecular complexity index is 285. The van der Waals surface area contributed by atoms with Crippen molar-refractivity contribution in [2.24, 2.45) is 5.73 Å². The van der Waals surface area contributed by atoms with E-state index in [0.717, 1.165) is 5.56 Å². The SMILES string of the molecule is N=C(N)CCC(O)Cc1ccccc1. The molecule has 3 heteroatoms. The molecule has 0 aromatic heterocycles. The van der Waals surface area contributed by atoms with Gasteiger partial charge < -0.3 is 10.8 Å². The summed E-state index contributed by atoms with van der Waals surface area (Å²) in [5.41, 5.74) is 6.32. The van der Waals surface area contributed by atoms with Crippen molar-refractivity contribution in [2.45, 2.75) is 25.4 Å². The van der Waals surface area contributed by atoms with Crippen molar-refractivity contribution in [3.63, 3.8) is 0 Å². The Labute approximate surface area is 84.1 Å². The van der Waals surface area contributed by atoms with Crippen LogP contribution in [0.4, 0.5) is 0 Å². The van der Waals surface area contributed by atoms with Gasteiger partial charge in [0.2, 0.25) is 0 Å². The highest BCUT2D eigenvalue weighted by atomic mass is 16.3. The van der Waals surface area contributed by atoms with E-state index in [1.165, 1.54) is 0 Å². The van der Waals surface area contributed by atoms with Gasteiger partial charge in [0.05, 0.1) is 11.9 Å². The summed E-state index contributed by atoms with van der Waals surface area (Å²) in [4.78, 5) is 0. The summed E-state index contributed by atoms with van der Waals surface area (Å²) in [5.74, 6) is 0.136. The topological polar surface area (TPSA) is 70.1 Å². The molecule has 0 saturated heterocycles. The summed E-state index contributed by atoms with van der Waals surface area (Å²) in [6.07, 6.45) is 1.26. The van der Waals surface area contributed by atoms with Gasteiger partial charge in [-0.1, -0.05) is 30.3 Å². The van der Waals surface area contributed by atoms with Crippen LogP contribution < -0.4 is 5.73 Å². The van der Waals surface area contributed by atoms with Gasteiger partial charge in [-0.05, 0) is 18.4 Å². The first-order valence-electron chi connectivity index (χ1n) is 4.73. The number of benzene rings is 1. The van der Waals surface area contributed by atoms with Gasteiger partial charge in [0.1, 0.15) is 0 Å². The number of aliphatic hydroxyl groups excluding tert-OH is 1. The monoisotopic (exact) mass is 192 g/mol. The lowest BCUT2D eigenvalue weighted by molar-refractivity contribution is 0.167. The highest BCUT2D eigenvalue weighted by Crippen LogP contribution is 2.06. The fourth-order valence-corrected chi connectivity index (χ4v) is 1.31. The summed E-state index contributed by atoms with van der Waals surface area (Å²) in [7, 11) is 0. The lowest BCUT2D eigenvalue weighted by atomic mass is 10.0. The largest absolute Gasteiger partial charge is 0.393 e. The van der Waals surface area contributed by atoms with Crippen molar-refractivity contribution in [2.75, 3.05) is 0 Å². The zero-order chi connectivity index (χ0) is 10.4. The molecule has 1 aromatic rings. The first-order valence-corrected chi connectivity index (χ1v) is 4.73. The first kappa shape index (κ1) is 10.7. The number of amidine groups is 1. The van der Waals surface area contributed by atoms with E-state index in [9.17, 15) is 5.11 Å². The Balaban J connectivity index is 2.34. The van der Waals surface area contributed by atoms with Crippen molar-refractivity contribution in [1.82, 2.24) is 0 Å². The van der Waals surface area contributed by atoms with Crippen LogP contribution in [0.1, 0.15) is 18.4 Å². The lowest BCUT2D eigenvalue weighted by Gasteiger charge is -2.09. The third-order valence-electron chi connectivity index (χ3n) is 2.06. The standard InChI is InChI=1S/C11H16N2O/c12-11(13)7-6-10(14)8-9-4-2-1-3-5-9/h1-5,10,14H,6-8H2,(H3,12,13). The normalized spacial score (nSPS) is 12.4. The zero-order valence-corrected chi connectivity index (χ0v) is 8.11. The lowest BCUT2D eigenvalue weighted by Crippen LogP contribution is -2.16. The molecule has 1 unspecified atom stereocenters. The Hall–Kier alpha value is -1.35. The van der Waals surface area contributed by atoms with Gasteiger partial charge in [-0.15, -0.1) is 0 Å². The van der Waals surface area contributed by atoms with Crippen LogP contribution in [0.2, 0.25) is 0 Å². The molecule has 76 valence electrons. The molecular formula is C11H16N2O. The average molecular weight is 192 g/mol. The minimum Gasteiger partial charge on any atom is -0.393 e. The summed E-state index contributed by atoms with van der Waals surface area (Å²) >= 11 is 0. The van der Waals surface area contributed by atoms with E-state index in [4.69, 9.17) is 11.1 Å². The highest BCUT2D eigenvalue weighted by Gasteiger charge is 2.05. The molecule has 1 aromatic carbocycles. The van der Waals surface area contributed by atoms with E-state index in [2.05, 4.69) is 0 Å². The molecule has 0 heterocycles. The number of nitrogens with one attached hydrogen (secondary N) is 1. The number of rotatable bonds is 5. The molecule has 0 radical (unpaired) electrons. The van der Waals surface area contributed by atoms with E-state index < -0.39 is 6.10 Å². The van der Waals surface area contributed by atoms with Crippen LogP contribution in [0.3, 0.4) is 0 Å². The molecule has 0 fully saturated rings. The second kappa shape index (κ2) is 5.40. The molecule has 0 aliphatic heterocycles. The smallest absolute Gasteiger partial charge is 0.0906 e. The molecule has 1 atom stereocenters. The maximum Gasteiger partial charge on any atom is 0.0906 e. The molecule has 0 saturated carbocycles. The predicted octanol–water partition coefficient (Wildman–Crippen LogP) is 1.31. The number of hydrogen-bond acceptors (Lipinski definition) is 2. The number of nitrogens with two attached hydrogens (primary N) is 1. The number of hydrogen-bond donors (Lipinski definition) is 3. The maximum absolute atomic E-state index is 9.60. The van der Waals surface area contributed by atoms with E-state index in [1.54, 1.807) is 0 Å². The van der Waals surface area contributed by atoms with E-state index in [-0.39, 0.29) is 5.84 Å². The van der Waals surface area contributed by atoms with Crippen molar-refractivity contribution in [3.8, 4) is 0 Å². The third-order valence-corrected chi connectivity index (χ3v) is 2.06. The van der Waals surface area contributed by atoms with Crippen LogP contribution in [-0.2, 0) is 6.42 Å². The second-order valence-corrected chi connectivity index (χ2v) is 3.41. The van der Waals surface area contributed by atoms with Crippen molar-refractivity contribution in [1.29, 1.82) is 5.41 Å². The maximum atomic E-state index is 9.60. The van der Waals surface area contributed by atoms with Gasteiger partial charge in [0, 0.05) is 6.42 Å². The van der Waals surface area contributed by atoms with Gasteiger partial charge in [0.25, 0.3) is 0 Å². The Morgan fingerprint density at radius 1 is 1.36 bits per heavy atom. The van der Waals surface area contributed by atoms with Crippen LogP contribution >= 0.6 is 0 Å². The van der Waals surface area contributed by atoms with Gasteiger partial charge >= 0.3 is 0 Å². The molecule has 0 bridgehead atoms. The quantitative estimate of drug-likeness (QED) is 0.486. The van der Waals surface area contributed by atoms with Gasteiger partial charge in [0.15, 0.2) is 0 Å². The summed E-state index contributed by atoms with van der Waals surface area (Å²) in [6.45, 7) is 0. The molecule has 14 heavy (non-hydrogen) atoms. The van der Waals surface area contributed by atoms with Crippen molar-refractivity contribution < 1.29 is 5.11 Å². The van der Waals surface area contributed by atoms with E-state index >= 15 is 0 Å². The number of aliphatic hydroxyl groups is 1. The summed E-state index contributed by atoms with van der Waals surface area (Å²) < 4.78 is 0. The predicted molar refractivity (Wildman–Crippen MR) is 57.3 cm³/mol. The fourth-order valence-electron chi connectivity index (χ4n) is 1.31. The first-order chi connectivity index (χ1) is 6.68. The fraction of sp³-hybridized carbons (Fsp3) is 0.364. The van der Waals surface area contributed by atoms with Crippen LogP contribution in [-0.4, -0.2) is 17.0 Å². The van der Waals surface area contributed by atoms with Crippen molar-refractivity contribution in [3.05, 3.63) is 35.9 Å². The van der Waals surface area contributed by atoms with Crippen LogP contribution in [0.25, 0.3) is 0 Å². The molecule has 3 nitrogen and oxygen atoms in total. The minimum absolute atomic E-state index is 0.136. The Morgan fingerprint density at radius 3 is 2.57 bits per heavy atom. The molecule has 4 N–H and O–H groups in total. The molecule has 0 spiro atoms. The molecule has 0 amide bonds. The summed E-state index contributed by atoms with van der Waals surface area (Å²) in [5, 5.41) is 16.6. The van der Waals surface area contributed by atoms with Gasteiger partial charge in [-0.2, -0.15) is 0 Å². The molecular weight excluding hydrogens is 176 g/mol. The average Bonchev–Trinajstić information content (AvgIpc) is 2.16. The minimum atomic E-state index is -0.402. The van der Waals surface area contributed by atoms with Crippen LogP contribution in [0.5, 0.6) is 0 Å². The van der Waals surface area contributed by atoms with Crippen molar-refractivity contribution >= 4 is 5.84 Å². The molecule has 0 aliphatic rings. The van der Waals surface area contributed by atoms with Crippen LogP contribution in [0.15, 0.2) is 30.3 Å². The molecule has 0 aliphatic carbocycles. The molecule has 1 rings (SSSR count). The summed E-state index contributed by atoms with van der Waals surface area (Å²) in [6, 6.07) is 9.82. The van der Waals surface area contributed by atoms with Gasteiger partial charge in [-0.25, -0.2) is 0 Å². The van der Waals surface area contributed by atoms with Crippen LogP contribution in [0, 0.1) is 5.41 Å². The zero-order valence-electron chi connectivity index (χ0n) is 8.11. The van der Waals surface area contributed by atoms with Gasteiger partial charge in [-0.3, -0.25) is 5.41 Å². The highest BCUT2D eigenvalue weighted by molar-refractivity contribution is 5.76. The van der Waals surface area contributed by atoms with E-state index in [0.29, 0.717) is 19.3 Å². The second-order valence-electron chi connectivity index (χ2n) is 3.41.